The van der Waals surface area contributed by atoms with Crippen molar-refractivity contribution in [2.24, 2.45) is 0 Å². The van der Waals surface area contributed by atoms with E-state index in [1.54, 1.807) is 24.3 Å². The molecular formula is C13H14BrNO6. The molecule has 0 fully saturated rings. The van der Waals surface area contributed by atoms with Gasteiger partial charge in [-0.1, -0.05) is 15.9 Å². The Hall–Kier alpha value is -2.09. The van der Waals surface area contributed by atoms with Crippen molar-refractivity contribution in [3.05, 3.63) is 28.7 Å². The van der Waals surface area contributed by atoms with Crippen LogP contribution in [0.15, 0.2) is 28.7 Å². The summed E-state index contributed by atoms with van der Waals surface area (Å²) in [7, 11) is 0. The van der Waals surface area contributed by atoms with E-state index >= 15 is 0 Å². The molecule has 0 saturated carbocycles. The minimum atomic E-state index is -1.28. The van der Waals surface area contributed by atoms with Gasteiger partial charge in [0.15, 0.2) is 6.61 Å². The summed E-state index contributed by atoms with van der Waals surface area (Å²) < 4.78 is 6.05. The number of ether oxygens (including phenoxy) is 1. The Morgan fingerprint density at radius 2 is 1.81 bits per heavy atom. The fraction of sp³-hybridized carbons (Fsp3) is 0.308. The number of hydrogen-bond acceptors (Lipinski definition) is 4. The Kier molecular flexibility index (Phi) is 6.67. The van der Waals surface area contributed by atoms with E-state index in [0.29, 0.717) is 5.75 Å². The molecule has 0 spiro atoms. The third kappa shape index (κ3) is 6.75. The summed E-state index contributed by atoms with van der Waals surface area (Å²) in [6.07, 6.45) is -0.528. The zero-order valence-corrected chi connectivity index (χ0v) is 12.5. The van der Waals surface area contributed by atoms with Crippen molar-refractivity contribution in [1.29, 1.82) is 0 Å². The number of amides is 1. The zero-order chi connectivity index (χ0) is 15.8. The van der Waals surface area contributed by atoms with E-state index in [9.17, 15) is 14.4 Å². The Morgan fingerprint density at radius 3 is 2.33 bits per heavy atom. The van der Waals surface area contributed by atoms with Gasteiger partial charge in [0, 0.05) is 10.9 Å². The fourth-order valence-corrected chi connectivity index (χ4v) is 1.71. The monoisotopic (exact) mass is 359 g/mol. The van der Waals surface area contributed by atoms with Gasteiger partial charge in [0.05, 0.1) is 0 Å². The van der Waals surface area contributed by atoms with Crippen molar-refractivity contribution in [3.63, 3.8) is 0 Å². The van der Waals surface area contributed by atoms with Crippen LogP contribution in [0.3, 0.4) is 0 Å². The molecule has 0 aliphatic carbocycles. The van der Waals surface area contributed by atoms with Crippen LogP contribution in [0, 0.1) is 0 Å². The van der Waals surface area contributed by atoms with Gasteiger partial charge in [-0.2, -0.15) is 0 Å². The van der Waals surface area contributed by atoms with Crippen LogP contribution in [0.1, 0.15) is 12.8 Å². The van der Waals surface area contributed by atoms with E-state index in [-0.39, 0.29) is 19.4 Å². The number of carbonyl (C=O) groups excluding carboxylic acids is 1. The summed E-state index contributed by atoms with van der Waals surface area (Å²) in [5.74, 6) is -2.57. The van der Waals surface area contributed by atoms with E-state index in [0.717, 1.165) is 4.47 Å². The van der Waals surface area contributed by atoms with E-state index in [2.05, 4.69) is 21.2 Å². The second-order valence-electron chi connectivity index (χ2n) is 4.13. The average Bonchev–Trinajstić information content (AvgIpc) is 2.42. The molecule has 0 heterocycles. The van der Waals surface area contributed by atoms with E-state index < -0.39 is 23.9 Å². The molecule has 1 rings (SSSR count). The van der Waals surface area contributed by atoms with Crippen molar-refractivity contribution in [1.82, 2.24) is 5.32 Å². The standard InChI is InChI=1S/C13H14BrNO6/c14-8-1-3-9(4-2-8)21-7-11(16)15-10(13(19)20)5-6-12(17)18/h1-4,10H,5-7H2,(H,15,16)(H,17,18)(H,19,20). The molecule has 0 aliphatic rings. The number of carboxylic acid groups (broad SMARTS) is 2. The minimum Gasteiger partial charge on any atom is -0.484 e. The number of halogens is 1. The van der Waals surface area contributed by atoms with Crippen molar-refractivity contribution < 1.29 is 29.3 Å². The maximum absolute atomic E-state index is 11.6. The number of carboxylic acids is 2. The number of nitrogens with one attached hydrogen (secondary N) is 1. The molecule has 0 aliphatic heterocycles. The predicted molar refractivity (Wildman–Crippen MR) is 76.1 cm³/mol. The van der Waals surface area contributed by atoms with Gasteiger partial charge in [0.25, 0.3) is 5.91 Å². The van der Waals surface area contributed by atoms with Crippen molar-refractivity contribution in [2.75, 3.05) is 6.61 Å². The highest BCUT2D eigenvalue weighted by atomic mass is 79.9. The smallest absolute Gasteiger partial charge is 0.326 e. The van der Waals surface area contributed by atoms with Crippen LogP contribution < -0.4 is 10.1 Å². The lowest BCUT2D eigenvalue weighted by Gasteiger charge is -2.14. The Balaban J connectivity index is 2.44. The maximum atomic E-state index is 11.6. The summed E-state index contributed by atoms with van der Waals surface area (Å²) in [5, 5.41) is 19.6. The summed E-state index contributed by atoms with van der Waals surface area (Å²) in [5.41, 5.74) is 0. The Morgan fingerprint density at radius 1 is 1.19 bits per heavy atom. The third-order valence-electron chi connectivity index (χ3n) is 2.46. The molecule has 1 aromatic rings. The molecule has 1 aromatic carbocycles. The lowest BCUT2D eigenvalue weighted by molar-refractivity contribution is -0.143. The number of carbonyl (C=O) groups is 3. The summed E-state index contributed by atoms with van der Waals surface area (Å²) in [4.78, 5) is 32.9. The van der Waals surface area contributed by atoms with Gasteiger partial charge < -0.3 is 20.3 Å². The fourth-order valence-electron chi connectivity index (χ4n) is 1.44. The maximum Gasteiger partial charge on any atom is 0.326 e. The molecule has 0 aromatic heterocycles. The molecule has 1 atom stereocenters. The molecule has 114 valence electrons. The molecule has 8 heteroatoms. The predicted octanol–water partition coefficient (Wildman–Crippen LogP) is 1.26. The Labute approximate surface area is 129 Å². The average molecular weight is 360 g/mol. The van der Waals surface area contributed by atoms with Crippen molar-refractivity contribution >= 4 is 33.8 Å². The van der Waals surface area contributed by atoms with Crippen LogP contribution in [0.4, 0.5) is 0 Å². The number of aliphatic carboxylic acids is 2. The highest BCUT2D eigenvalue weighted by molar-refractivity contribution is 9.10. The molecule has 1 amide bonds. The van der Waals surface area contributed by atoms with Gasteiger partial charge in [-0.25, -0.2) is 4.79 Å². The molecule has 0 radical (unpaired) electrons. The zero-order valence-electron chi connectivity index (χ0n) is 10.9. The molecule has 7 nitrogen and oxygen atoms in total. The second kappa shape index (κ2) is 8.25. The van der Waals surface area contributed by atoms with Crippen LogP contribution in [0.25, 0.3) is 0 Å². The first kappa shape index (κ1) is 17.0. The van der Waals surface area contributed by atoms with Gasteiger partial charge >= 0.3 is 11.9 Å². The lowest BCUT2D eigenvalue weighted by atomic mass is 10.1. The van der Waals surface area contributed by atoms with E-state index in [4.69, 9.17) is 14.9 Å². The van der Waals surface area contributed by atoms with Gasteiger partial charge in [-0.05, 0) is 30.7 Å². The first-order valence-corrected chi connectivity index (χ1v) is 6.80. The normalized spacial score (nSPS) is 11.5. The molecular weight excluding hydrogens is 346 g/mol. The van der Waals surface area contributed by atoms with Crippen LogP contribution in [0.5, 0.6) is 5.75 Å². The SMILES string of the molecule is O=C(O)CCC(NC(=O)COc1ccc(Br)cc1)C(=O)O. The minimum absolute atomic E-state index is 0.186. The number of hydrogen-bond donors (Lipinski definition) is 3. The second-order valence-corrected chi connectivity index (χ2v) is 5.05. The molecule has 0 saturated heterocycles. The highest BCUT2D eigenvalue weighted by Gasteiger charge is 2.21. The summed E-state index contributed by atoms with van der Waals surface area (Å²) >= 11 is 3.25. The van der Waals surface area contributed by atoms with Crippen LogP contribution in [-0.2, 0) is 14.4 Å². The van der Waals surface area contributed by atoms with Crippen molar-refractivity contribution in [2.45, 2.75) is 18.9 Å². The molecule has 0 bridgehead atoms. The third-order valence-corrected chi connectivity index (χ3v) is 2.99. The first-order chi connectivity index (χ1) is 9.88. The van der Waals surface area contributed by atoms with Gasteiger partial charge in [-0.3, -0.25) is 9.59 Å². The molecule has 1 unspecified atom stereocenters. The van der Waals surface area contributed by atoms with Gasteiger partial charge in [-0.15, -0.1) is 0 Å². The first-order valence-electron chi connectivity index (χ1n) is 6.01. The molecule has 21 heavy (non-hydrogen) atoms. The van der Waals surface area contributed by atoms with Crippen LogP contribution >= 0.6 is 15.9 Å². The highest BCUT2D eigenvalue weighted by Crippen LogP contribution is 2.15. The van der Waals surface area contributed by atoms with Gasteiger partial charge in [0.2, 0.25) is 0 Å². The largest absolute Gasteiger partial charge is 0.484 e. The van der Waals surface area contributed by atoms with Crippen LogP contribution in [0.2, 0.25) is 0 Å². The summed E-state index contributed by atoms with van der Waals surface area (Å²) in [6.45, 7) is -0.349. The molecule has 3 N–H and O–H groups in total. The van der Waals surface area contributed by atoms with E-state index in [1.807, 2.05) is 0 Å². The van der Waals surface area contributed by atoms with Gasteiger partial charge in [0.1, 0.15) is 11.8 Å². The quantitative estimate of drug-likeness (QED) is 0.643. The van der Waals surface area contributed by atoms with Crippen molar-refractivity contribution in [3.8, 4) is 5.75 Å². The van der Waals surface area contributed by atoms with Crippen LogP contribution in [-0.4, -0.2) is 40.7 Å². The summed E-state index contributed by atoms with van der Waals surface area (Å²) in [6, 6.07) is 5.52. The Bertz CT molecular complexity index is 516. The van der Waals surface area contributed by atoms with E-state index in [1.165, 1.54) is 0 Å². The number of rotatable bonds is 8. The topological polar surface area (TPSA) is 113 Å². The lowest BCUT2D eigenvalue weighted by Crippen LogP contribution is -2.43. The number of benzene rings is 1.